The average molecular weight is 285 g/mol. The van der Waals surface area contributed by atoms with Crippen molar-refractivity contribution in [2.45, 2.75) is 33.1 Å². The molecule has 0 amide bonds. The van der Waals surface area contributed by atoms with Crippen molar-refractivity contribution in [3.05, 3.63) is 70.5 Å². The highest BCUT2D eigenvalue weighted by Crippen LogP contribution is 2.22. The molecule has 21 heavy (non-hydrogen) atoms. The molecule has 0 saturated heterocycles. The van der Waals surface area contributed by atoms with Crippen LogP contribution >= 0.6 is 0 Å². The van der Waals surface area contributed by atoms with Crippen LogP contribution < -0.4 is 5.32 Å². The molecule has 0 aliphatic rings. The van der Waals surface area contributed by atoms with Crippen LogP contribution in [0.3, 0.4) is 0 Å². The van der Waals surface area contributed by atoms with Crippen LogP contribution in [0.2, 0.25) is 0 Å². The summed E-state index contributed by atoms with van der Waals surface area (Å²) in [6.45, 7) is 8.25. The minimum absolute atomic E-state index is 0.174. The van der Waals surface area contributed by atoms with Crippen LogP contribution in [-0.2, 0) is 6.42 Å². The number of rotatable bonds is 6. The Bertz CT molecular complexity index is 575. The topological polar surface area (TPSA) is 12.0 Å². The Balaban J connectivity index is 2.19. The highest BCUT2D eigenvalue weighted by molar-refractivity contribution is 5.32. The Morgan fingerprint density at radius 1 is 1.00 bits per heavy atom. The molecule has 0 saturated carbocycles. The third-order valence-corrected chi connectivity index (χ3v) is 4.04. The smallest absolute Gasteiger partial charge is 0.123 e. The Morgan fingerprint density at radius 3 is 2.33 bits per heavy atom. The standard InChI is InChI=1S/C19H24FN/c1-4-21-13-18(17-7-9-19(20)10-8-17)12-16-6-5-14(2)15(3)11-16/h5-11,18,21H,4,12-13H2,1-3H3. The maximum Gasteiger partial charge on any atom is 0.123 e. The van der Waals surface area contributed by atoms with Gasteiger partial charge in [-0.25, -0.2) is 4.39 Å². The summed E-state index contributed by atoms with van der Waals surface area (Å²) < 4.78 is 13.1. The molecule has 0 radical (unpaired) electrons. The summed E-state index contributed by atoms with van der Waals surface area (Å²) in [4.78, 5) is 0. The molecule has 0 aliphatic heterocycles. The van der Waals surface area contributed by atoms with E-state index in [1.807, 2.05) is 12.1 Å². The Labute approximate surface area is 127 Å². The monoisotopic (exact) mass is 285 g/mol. The molecule has 0 heterocycles. The number of likely N-dealkylation sites (N-methyl/N-ethyl adjacent to an activating group) is 1. The van der Waals surface area contributed by atoms with Crippen LogP contribution in [-0.4, -0.2) is 13.1 Å². The molecular weight excluding hydrogens is 261 g/mol. The van der Waals surface area contributed by atoms with Crippen molar-refractivity contribution in [3.8, 4) is 0 Å². The van der Waals surface area contributed by atoms with Crippen LogP contribution in [0.15, 0.2) is 42.5 Å². The Hall–Kier alpha value is -1.67. The number of hydrogen-bond donors (Lipinski definition) is 1. The molecule has 0 bridgehead atoms. The third kappa shape index (κ3) is 4.40. The van der Waals surface area contributed by atoms with Gasteiger partial charge in [0.15, 0.2) is 0 Å². The highest BCUT2D eigenvalue weighted by Gasteiger charge is 2.12. The summed E-state index contributed by atoms with van der Waals surface area (Å²) in [7, 11) is 0. The molecule has 112 valence electrons. The van der Waals surface area contributed by atoms with E-state index in [0.717, 1.165) is 19.5 Å². The van der Waals surface area contributed by atoms with Gasteiger partial charge in [0.05, 0.1) is 0 Å². The Morgan fingerprint density at radius 2 is 1.71 bits per heavy atom. The molecule has 1 nitrogen and oxygen atoms in total. The molecule has 1 atom stereocenters. The number of hydrogen-bond acceptors (Lipinski definition) is 1. The van der Waals surface area contributed by atoms with Crippen molar-refractivity contribution in [2.24, 2.45) is 0 Å². The zero-order valence-corrected chi connectivity index (χ0v) is 13.1. The van der Waals surface area contributed by atoms with Gasteiger partial charge in [-0.15, -0.1) is 0 Å². The van der Waals surface area contributed by atoms with Crippen molar-refractivity contribution in [3.63, 3.8) is 0 Å². The van der Waals surface area contributed by atoms with Crippen molar-refractivity contribution >= 4 is 0 Å². The number of halogens is 1. The van der Waals surface area contributed by atoms with Gasteiger partial charge in [0.1, 0.15) is 5.82 Å². The van der Waals surface area contributed by atoms with Crippen molar-refractivity contribution < 1.29 is 4.39 Å². The largest absolute Gasteiger partial charge is 0.316 e. The third-order valence-electron chi connectivity index (χ3n) is 4.04. The first kappa shape index (κ1) is 15.7. The minimum Gasteiger partial charge on any atom is -0.316 e. The molecule has 2 heteroatoms. The van der Waals surface area contributed by atoms with Crippen LogP contribution in [0.4, 0.5) is 4.39 Å². The average Bonchev–Trinajstić information content (AvgIpc) is 2.48. The second-order valence-electron chi connectivity index (χ2n) is 5.68. The fourth-order valence-corrected chi connectivity index (χ4v) is 2.58. The van der Waals surface area contributed by atoms with Crippen molar-refractivity contribution in [1.82, 2.24) is 5.32 Å². The molecule has 1 N–H and O–H groups in total. The number of benzene rings is 2. The van der Waals surface area contributed by atoms with Crippen LogP contribution in [0, 0.1) is 19.7 Å². The summed E-state index contributed by atoms with van der Waals surface area (Å²) in [5.41, 5.74) is 5.18. The number of nitrogens with one attached hydrogen (secondary N) is 1. The van der Waals surface area contributed by atoms with Gasteiger partial charge in [-0.2, -0.15) is 0 Å². The maximum atomic E-state index is 13.1. The van der Waals surface area contributed by atoms with Crippen molar-refractivity contribution in [1.29, 1.82) is 0 Å². The normalized spacial score (nSPS) is 12.4. The van der Waals surface area contributed by atoms with E-state index in [1.165, 1.54) is 22.3 Å². The lowest BCUT2D eigenvalue weighted by Crippen LogP contribution is -2.22. The van der Waals surface area contributed by atoms with E-state index >= 15 is 0 Å². The quantitative estimate of drug-likeness (QED) is 0.830. The molecule has 0 aromatic heterocycles. The van der Waals surface area contributed by atoms with E-state index in [4.69, 9.17) is 0 Å². The first-order valence-electron chi connectivity index (χ1n) is 7.62. The van der Waals surface area contributed by atoms with Crippen LogP contribution in [0.25, 0.3) is 0 Å². The molecule has 1 unspecified atom stereocenters. The fraction of sp³-hybridized carbons (Fsp3) is 0.368. The van der Waals surface area contributed by atoms with Crippen LogP contribution in [0.1, 0.15) is 35.1 Å². The van der Waals surface area contributed by atoms with Gasteiger partial charge in [-0.1, -0.05) is 37.3 Å². The fourth-order valence-electron chi connectivity index (χ4n) is 2.58. The molecule has 2 aromatic rings. The lowest BCUT2D eigenvalue weighted by molar-refractivity contribution is 0.590. The molecular formula is C19H24FN. The van der Waals surface area contributed by atoms with Gasteiger partial charge in [-0.3, -0.25) is 0 Å². The maximum absolute atomic E-state index is 13.1. The van der Waals surface area contributed by atoms with Gasteiger partial charge in [-0.05, 0) is 61.2 Å². The second-order valence-corrected chi connectivity index (χ2v) is 5.68. The van der Waals surface area contributed by atoms with Crippen LogP contribution in [0.5, 0.6) is 0 Å². The summed E-state index contributed by atoms with van der Waals surface area (Å²) in [5, 5.41) is 3.41. The van der Waals surface area contributed by atoms with Gasteiger partial charge in [0.25, 0.3) is 0 Å². The molecule has 2 rings (SSSR count). The summed E-state index contributed by atoms with van der Waals surface area (Å²) in [5.74, 6) is 0.194. The zero-order chi connectivity index (χ0) is 15.2. The van der Waals surface area contributed by atoms with E-state index < -0.39 is 0 Å². The van der Waals surface area contributed by atoms with Gasteiger partial charge in [0.2, 0.25) is 0 Å². The minimum atomic E-state index is -0.174. The molecule has 0 aliphatic carbocycles. The SMILES string of the molecule is CCNCC(Cc1ccc(C)c(C)c1)c1ccc(F)cc1. The Kier molecular flexibility index (Phi) is 5.51. The second kappa shape index (κ2) is 7.37. The first-order chi connectivity index (χ1) is 10.1. The molecule has 2 aromatic carbocycles. The first-order valence-corrected chi connectivity index (χ1v) is 7.62. The van der Waals surface area contributed by atoms with Gasteiger partial charge in [0, 0.05) is 12.5 Å². The predicted molar refractivity (Wildman–Crippen MR) is 87.3 cm³/mol. The molecule has 0 fully saturated rings. The summed E-state index contributed by atoms with van der Waals surface area (Å²) in [6, 6.07) is 13.5. The van der Waals surface area contributed by atoms with Gasteiger partial charge >= 0.3 is 0 Å². The van der Waals surface area contributed by atoms with E-state index in [1.54, 1.807) is 12.1 Å². The van der Waals surface area contributed by atoms with E-state index in [9.17, 15) is 4.39 Å². The van der Waals surface area contributed by atoms with E-state index in [0.29, 0.717) is 5.92 Å². The van der Waals surface area contributed by atoms with Crippen molar-refractivity contribution in [2.75, 3.05) is 13.1 Å². The lowest BCUT2D eigenvalue weighted by Gasteiger charge is -2.18. The summed E-state index contributed by atoms with van der Waals surface area (Å²) >= 11 is 0. The molecule has 0 spiro atoms. The zero-order valence-electron chi connectivity index (χ0n) is 13.1. The lowest BCUT2D eigenvalue weighted by atomic mass is 9.90. The van der Waals surface area contributed by atoms with E-state index in [2.05, 4.69) is 44.3 Å². The predicted octanol–water partition coefficient (Wildman–Crippen LogP) is 4.38. The highest BCUT2D eigenvalue weighted by atomic mass is 19.1. The van der Waals surface area contributed by atoms with Gasteiger partial charge < -0.3 is 5.32 Å². The van der Waals surface area contributed by atoms with E-state index in [-0.39, 0.29) is 5.82 Å². The number of aryl methyl sites for hydroxylation is 2. The summed E-state index contributed by atoms with van der Waals surface area (Å²) in [6.07, 6.45) is 0.972.